The number of rotatable bonds is 1. The van der Waals surface area contributed by atoms with E-state index in [1.54, 1.807) is 7.11 Å². The molecule has 2 aliphatic rings. The number of ether oxygens (including phenoxy) is 1. The van der Waals surface area contributed by atoms with E-state index in [0.717, 1.165) is 25.0 Å². The first-order valence-electron chi connectivity index (χ1n) is 6.83. The van der Waals surface area contributed by atoms with Crippen molar-refractivity contribution in [2.45, 2.75) is 19.3 Å². The monoisotopic (exact) mass is 251 g/mol. The van der Waals surface area contributed by atoms with E-state index in [1.165, 1.54) is 33.6 Å². The summed E-state index contributed by atoms with van der Waals surface area (Å²) in [5.74, 6) is 1.10. The highest BCUT2D eigenvalue weighted by Gasteiger charge is 2.29. The zero-order valence-electron chi connectivity index (χ0n) is 11.4. The second kappa shape index (κ2) is 3.77. The van der Waals surface area contributed by atoms with Gasteiger partial charge in [0.05, 0.1) is 12.9 Å². The second-order valence-electron chi connectivity index (χ2n) is 5.39. The predicted octanol–water partition coefficient (Wildman–Crippen LogP) is 3.53. The molecule has 0 fully saturated rings. The predicted molar refractivity (Wildman–Crippen MR) is 77.0 cm³/mol. The van der Waals surface area contributed by atoms with E-state index in [2.05, 4.69) is 42.0 Å². The molecule has 19 heavy (non-hydrogen) atoms. The minimum absolute atomic E-state index is 1.02. The van der Waals surface area contributed by atoms with E-state index >= 15 is 0 Å². The Kier molecular flexibility index (Phi) is 2.16. The third kappa shape index (κ3) is 1.37. The van der Waals surface area contributed by atoms with Gasteiger partial charge in [0.15, 0.2) is 0 Å². The van der Waals surface area contributed by atoms with Crippen LogP contribution < -0.4 is 0 Å². The lowest BCUT2D eigenvalue weighted by Crippen LogP contribution is -2.06. The Bertz CT molecular complexity index is 706. The van der Waals surface area contributed by atoms with Crippen LogP contribution in [-0.2, 0) is 24.6 Å². The number of aromatic nitrogens is 1. The molecular formula is C17H17NO. The summed E-state index contributed by atoms with van der Waals surface area (Å²) < 4.78 is 7.85. The van der Waals surface area contributed by atoms with Crippen molar-refractivity contribution in [1.82, 2.24) is 4.57 Å². The molecule has 1 heterocycles. The van der Waals surface area contributed by atoms with Gasteiger partial charge in [-0.05, 0) is 23.6 Å². The molecule has 1 aromatic carbocycles. The van der Waals surface area contributed by atoms with Crippen LogP contribution in [0, 0.1) is 0 Å². The van der Waals surface area contributed by atoms with Crippen LogP contribution in [0.25, 0.3) is 17.2 Å². The number of methoxy groups -OCH3 is 1. The molecule has 1 aromatic heterocycles. The van der Waals surface area contributed by atoms with Crippen LogP contribution in [-0.4, -0.2) is 11.7 Å². The van der Waals surface area contributed by atoms with Crippen molar-refractivity contribution < 1.29 is 4.74 Å². The van der Waals surface area contributed by atoms with Gasteiger partial charge in [0.25, 0.3) is 0 Å². The van der Waals surface area contributed by atoms with Gasteiger partial charge in [-0.3, -0.25) is 0 Å². The van der Waals surface area contributed by atoms with Gasteiger partial charge in [-0.15, -0.1) is 0 Å². The number of hydrogen-bond acceptors (Lipinski definition) is 1. The normalized spacial score (nSPS) is 15.6. The first-order valence-corrected chi connectivity index (χ1v) is 6.83. The lowest BCUT2D eigenvalue weighted by Gasteiger charge is -2.15. The minimum Gasteiger partial charge on any atom is -0.501 e. The van der Waals surface area contributed by atoms with Gasteiger partial charge >= 0.3 is 0 Å². The molecule has 0 atom stereocenters. The summed E-state index contributed by atoms with van der Waals surface area (Å²) in [6, 6.07) is 8.76. The van der Waals surface area contributed by atoms with Gasteiger partial charge in [0, 0.05) is 42.4 Å². The highest BCUT2D eigenvalue weighted by Crippen LogP contribution is 2.44. The molecule has 2 nitrogen and oxygen atoms in total. The van der Waals surface area contributed by atoms with Gasteiger partial charge in [-0.25, -0.2) is 0 Å². The maximum absolute atomic E-state index is 5.46. The van der Waals surface area contributed by atoms with Crippen molar-refractivity contribution in [3.05, 3.63) is 52.5 Å². The Hall–Kier alpha value is -1.96. The number of hydrogen-bond donors (Lipinski definition) is 0. The van der Waals surface area contributed by atoms with E-state index in [4.69, 9.17) is 4.74 Å². The SMILES string of the molecule is COC1=Cc2c3c(n(C)c2CC1)Cc1ccccc1-3. The molecule has 96 valence electrons. The Morgan fingerprint density at radius 1 is 1.11 bits per heavy atom. The molecule has 4 rings (SSSR count). The lowest BCUT2D eigenvalue weighted by molar-refractivity contribution is 0.279. The maximum atomic E-state index is 5.46. The summed E-state index contributed by atoms with van der Waals surface area (Å²) in [6.07, 6.45) is 5.40. The number of benzene rings is 1. The largest absolute Gasteiger partial charge is 0.501 e. The van der Waals surface area contributed by atoms with E-state index in [1.807, 2.05) is 0 Å². The van der Waals surface area contributed by atoms with Crippen molar-refractivity contribution in [2.24, 2.45) is 7.05 Å². The fourth-order valence-corrected chi connectivity index (χ4v) is 3.51. The van der Waals surface area contributed by atoms with Crippen LogP contribution in [0.5, 0.6) is 0 Å². The summed E-state index contributed by atoms with van der Waals surface area (Å²) in [4.78, 5) is 0. The van der Waals surface area contributed by atoms with Crippen molar-refractivity contribution in [3.63, 3.8) is 0 Å². The molecule has 0 aliphatic heterocycles. The molecule has 0 N–H and O–H groups in total. The van der Waals surface area contributed by atoms with E-state index in [9.17, 15) is 0 Å². The quantitative estimate of drug-likeness (QED) is 0.645. The van der Waals surface area contributed by atoms with Crippen molar-refractivity contribution in [1.29, 1.82) is 0 Å². The smallest absolute Gasteiger partial charge is 0.0966 e. The zero-order chi connectivity index (χ0) is 13.0. The molecular weight excluding hydrogens is 234 g/mol. The molecule has 0 radical (unpaired) electrons. The van der Waals surface area contributed by atoms with Crippen molar-refractivity contribution >= 4 is 6.08 Å². The molecule has 0 amide bonds. The van der Waals surface area contributed by atoms with Crippen LogP contribution in [0.1, 0.15) is 28.9 Å². The fraction of sp³-hybridized carbons (Fsp3) is 0.294. The second-order valence-corrected chi connectivity index (χ2v) is 5.39. The number of allylic oxidation sites excluding steroid dienone is 1. The first kappa shape index (κ1) is 10.9. The standard InChI is InChI=1S/C17H17NO/c1-18-15-8-7-12(19-2)10-14(15)17-13-6-4-3-5-11(13)9-16(17)18/h3-6,10H,7-9H2,1-2H3. The summed E-state index contributed by atoms with van der Waals surface area (Å²) in [6.45, 7) is 0. The molecule has 0 bridgehead atoms. The molecule has 0 saturated carbocycles. The van der Waals surface area contributed by atoms with Gasteiger partial charge in [0.2, 0.25) is 0 Å². The van der Waals surface area contributed by atoms with Crippen LogP contribution in [0.3, 0.4) is 0 Å². The van der Waals surface area contributed by atoms with E-state index in [0.29, 0.717) is 0 Å². The fourth-order valence-electron chi connectivity index (χ4n) is 3.51. The molecule has 2 heteroatoms. The average Bonchev–Trinajstić information content (AvgIpc) is 2.96. The Labute approximate surface area is 113 Å². The Morgan fingerprint density at radius 2 is 1.95 bits per heavy atom. The highest BCUT2D eigenvalue weighted by atomic mass is 16.5. The third-order valence-corrected chi connectivity index (χ3v) is 4.50. The Balaban J connectivity index is 2.01. The third-order valence-electron chi connectivity index (χ3n) is 4.50. The van der Waals surface area contributed by atoms with Crippen LogP contribution in [0.2, 0.25) is 0 Å². The minimum atomic E-state index is 1.02. The Morgan fingerprint density at radius 3 is 2.79 bits per heavy atom. The van der Waals surface area contributed by atoms with Gasteiger partial charge in [0.1, 0.15) is 0 Å². The van der Waals surface area contributed by atoms with E-state index < -0.39 is 0 Å². The molecule has 0 unspecified atom stereocenters. The summed E-state index contributed by atoms with van der Waals surface area (Å²) in [5, 5.41) is 0. The van der Waals surface area contributed by atoms with Crippen LogP contribution in [0.15, 0.2) is 30.0 Å². The zero-order valence-corrected chi connectivity index (χ0v) is 11.4. The van der Waals surface area contributed by atoms with Gasteiger partial charge in [-0.1, -0.05) is 24.3 Å². The van der Waals surface area contributed by atoms with Gasteiger partial charge in [-0.2, -0.15) is 0 Å². The average molecular weight is 251 g/mol. The summed E-state index contributed by atoms with van der Waals surface area (Å²) in [7, 11) is 3.98. The van der Waals surface area contributed by atoms with Crippen molar-refractivity contribution in [2.75, 3.05) is 7.11 Å². The highest BCUT2D eigenvalue weighted by molar-refractivity contribution is 5.86. The summed E-state index contributed by atoms with van der Waals surface area (Å²) >= 11 is 0. The lowest BCUT2D eigenvalue weighted by atomic mass is 9.96. The van der Waals surface area contributed by atoms with Crippen LogP contribution in [0.4, 0.5) is 0 Å². The first-order chi connectivity index (χ1) is 9.29. The molecule has 2 aromatic rings. The van der Waals surface area contributed by atoms with E-state index in [-0.39, 0.29) is 0 Å². The van der Waals surface area contributed by atoms with Gasteiger partial charge < -0.3 is 9.30 Å². The molecule has 0 saturated heterocycles. The molecule has 0 spiro atoms. The maximum Gasteiger partial charge on any atom is 0.0966 e. The molecule has 2 aliphatic carbocycles. The summed E-state index contributed by atoms with van der Waals surface area (Å²) in [5.41, 5.74) is 8.58. The van der Waals surface area contributed by atoms with Crippen LogP contribution >= 0.6 is 0 Å². The number of nitrogens with zero attached hydrogens (tertiary/aromatic N) is 1. The van der Waals surface area contributed by atoms with Crippen molar-refractivity contribution in [3.8, 4) is 11.1 Å². The topological polar surface area (TPSA) is 14.2 Å². The number of fused-ring (bicyclic) bond motifs is 5.